The van der Waals surface area contributed by atoms with Crippen LogP contribution < -0.4 is 4.90 Å². The molecular weight excluding hydrogens is 470 g/mol. The van der Waals surface area contributed by atoms with E-state index in [0.29, 0.717) is 23.1 Å². The molecule has 10 heteroatoms. The lowest BCUT2D eigenvalue weighted by Crippen LogP contribution is -2.30. The Morgan fingerprint density at radius 2 is 1.68 bits per heavy atom. The molecule has 0 saturated heterocycles. The molecule has 0 N–H and O–H groups in total. The summed E-state index contributed by atoms with van der Waals surface area (Å²) in [6.07, 6.45) is 0. The molecule has 8 nitrogen and oxygen atoms in total. The predicted octanol–water partition coefficient (Wildman–Crippen LogP) is 5.79. The Morgan fingerprint density at radius 1 is 1.00 bits per heavy atom. The Morgan fingerprint density at radius 3 is 2.32 bits per heavy atom. The van der Waals surface area contributed by atoms with Gasteiger partial charge in [-0.05, 0) is 31.2 Å². The molecule has 1 aromatic heterocycles. The summed E-state index contributed by atoms with van der Waals surface area (Å²) in [7, 11) is 0. The van der Waals surface area contributed by atoms with Crippen LogP contribution in [0.1, 0.15) is 6.92 Å². The molecule has 3 aromatic carbocycles. The van der Waals surface area contributed by atoms with Crippen molar-refractivity contribution in [1.29, 1.82) is 0 Å². The average molecular weight is 490 g/mol. The molecule has 0 saturated carbocycles. The highest BCUT2D eigenvalue weighted by Gasteiger charge is 2.28. The van der Waals surface area contributed by atoms with Crippen molar-refractivity contribution in [2.45, 2.75) is 28.4 Å². The van der Waals surface area contributed by atoms with E-state index in [1.165, 1.54) is 23.9 Å². The molecule has 0 radical (unpaired) electrons. The molecule has 1 aliphatic rings. The number of benzene rings is 3. The van der Waals surface area contributed by atoms with Crippen LogP contribution in [0.5, 0.6) is 0 Å². The van der Waals surface area contributed by atoms with E-state index in [1.54, 1.807) is 28.8 Å². The number of para-hydroxylation sites is 2. The van der Waals surface area contributed by atoms with Crippen molar-refractivity contribution < 1.29 is 9.72 Å². The Kier molecular flexibility index (Phi) is 6.08. The molecule has 1 aliphatic heterocycles. The third-order valence-electron chi connectivity index (χ3n) is 5.35. The fraction of sp³-hybridized carbons (Fsp3) is 0.125. The summed E-state index contributed by atoms with van der Waals surface area (Å²) in [6, 6.07) is 22.1. The van der Waals surface area contributed by atoms with Gasteiger partial charge in [0.2, 0.25) is 5.91 Å². The molecule has 0 fully saturated rings. The number of carbonyl (C=O) groups excluding carboxylic acids is 1. The summed E-state index contributed by atoms with van der Waals surface area (Å²) in [5.74, 6) is 0.638. The number of fused-ring (bicyclic) bond motifs is 2. The second-order valence-corrected chi connectivity index (χ2v) is 9.44. The van der Waals surface area contributed by atoms with Crippen LogP contribution in [0.2, 0.25) is 0 Å². The highest BCUT2D eigenvalue weighted by molar-refractivity contribution is 8.00. The molecule has 0 spiro atoms. The van der Waals surface area contributed by atoms with E-state index in [-0.39, 0.29) is 17.3 Å². The molecular formula is C24H19N5O3S2. The molecule has 2 heterocycles. The number of thioether (sulfide) groups is 1. The molecule has 34 heavy (non-hydrogen) atoms. The fourth-order valence-corrected chi connectivity index (χ4v) is 5.73. The summed E-state index contributed by atoms with van der Waals surface area (Å²) >= 11 is 2.96. The standard InChI is InChI=1S/C24H19N5O3S2/c1-2-27-23(16-8-7-9-17(14-16)29(31)32)25-26-24(27)33-15-22(30)28-18-10-3-5-12-20(18)34-21-13-6-4-11-19(21)28/h3-14H,2,15H2,1H3. The first-order valence-electron chi connectivity index (χ1n) is 10.6. The Hall–Kier alpha value is -3.63. The van der Waals surface area contributed by atoms with Crippen LogP contribution in [0.3, 0.4) is 0 Å². The number of nitro groups is 1. The van der Waals surface area contributed by atoms with Crippen molar-refractivity contribution in [2.75, 3.05) is 10.7 Å². The van der Waals surface area contributed by atoms with E-state index in [9.17, 15) is 14.9 Å². The fourth-order valence-electron chi connectivity index (χ4n) is 3.82. The van der Waals surface area contributed by atoms with E-state index in [2.05, 4.69) is 10.2 Å². The van der Waals surface area contributed by atoms with E-state index < -0.39 is 4.92 Å². The molecule has 5 rings (SSSR count). The van der Waals surface area contributed by atoms with E-state index in [1.807, 2.05) is 60.0 Å². The van der Waals surface area contributed by atoms with Gasteiger partial charge in [-0.15, -0.1) is 10.2 Å². The summed E-state index contributed by atoms with van der Waals surface area (Å²) in [6.45, 7) is 2.51. The van der Waals surface area contributed by atoms with Crippen LogP contribution in [0, 0.1) is 10.1 Å². The van der Waals surface area contributed by atoms with Gasteiger partial charge in [-0.3, -0.25) is 19.8 Å². The Labute approximate surface area is 204 Å². The first-order valence-corrected chi connectivity index (χ1v) is 12.4. The maximum Gasteiger partial charge on any atom is 0.270 e. The third kappa shape index (κ3) is 4.06. The molecule has 4 aromatic rings. The number of amides is 1. The molecule has 0 bridgehead atoms. The van der Waals surface area contributed by atoms with Crippen molar-refractivity contribution in [3.8, 4) is 11.4 Å². The number of anilines is 2. The quantitative estimate of drug-likeness (QED) is 0.192. The van der Waals surface area contributed by atoms with Crippen molar-refractivity contribution in [3.63, 3.8) is 0 Å². The smallest absolute Gasteiger partial charge is 0.270 e. The van der Waals surface area contributed by atoms with E-state index in [4.69, 9.17) is 0 Å². The monoisotopic (exact) mass is 489 g/mol. The first kappa shape index (κ1) is 22.2. The number of hydrogen-bond acceptors (Lipinski definition) is 7. The summed E-state index contributed by atoms with van der Waals surface area (Å²) in [5, 5.41) is 20.3. The molecule has 0 atom stereocenters. The van der Waals surface area contributed by atoms with E-state index >= 15 is 0 Å². The number of non-ortho nitro benzene ring substituents is 1. The van der Waals surface area contributed by atoms with Gasteiger partial charge in [0.15, 0.2) is 11.0 Å². The van der Waals surface area contributed by atoms with Crippen LogP contribution in [0.25, 0.3) is 11.4 Å². The normalized spacial score (nSPS) is 12.2. The molecule has 0 unspecified atom stereocenters. The number of carbonyl (C=O) groups is 1. The zero-order chi connectivity index (χ0) is 23.7. The van der Waals surface area contributed by atoms with Crippen molar-refractivity contribution >= 4 is 46.5 Å². The van der Waals surface area contributed by atoms with Gasteiger partial charge in [-0.2, -0.15) is 0 Å². The van der Waals surface area contributed by atoms with Gasteiger partial charge in [0, 0.05) is 34.0 Å². The van der Waals surface area contributed by atoms with Crippen LogP contribution in [0.15, 0.2) is 87.7 Å². The van der Waals surface area contributed by atoms with Crippen LogP contribution >= 0.6 is 23.5 Å². The lowest BCUT2D eigenvalue weighted by Gasteiger charge is -2.30. The Balaban J connectivity index is 1.41. The van der Waals surface area contributed by atoms with Crippen LogP contribution in [-0.4, -0.2) is 31.3 Å². The summed E-state index contributed by atoms with van der Waals surface area (Å²) < 4.78 is 1.87. The first-order chi connectivity index (χ1) is 16.6. The largest absolute Gasteiger partial charge is 0.302 e. The maximum atomic E-state index is 13.5. The van der Waals surface area contributed by atoms with Gasteiger partial charge in [0.25, 0.3) is 5.69 Å². The van der Waals surface area contributed by atoms with Gasteiger partial charge in [0.1, 0.15) is 0 Å². The zero-order valence-corrected chi connectivity index (χ0v) is 19.8. The zero-order valence-electron chi connectivity index (χ0n) is 18.1. The highest BCUT2D eigenvalue weighted by atomic mass is 32.2. The van der Waals surface area contributed by atoms with Crippen LogP contribution in [-0.2, 0) is 11.3 Å². The van der Waals surface area contributed by atoms with E-state index in [0.717, 1.165) is 21.2 Å². The highest BCUT2D eigenvalue weighted by Crippen LogP contribution is 2.48. The minimum absolute atomic E-state index is 0.00664. The number of aromatic nitrogens is 3. The molecule has 170 valence electrons. The van der Waals surface area contributed by atoms with Gasteiger partial charge in [-0.25, -0.2) is 0 Å². The van der Waals surface area contributed by atoms with Gasteiger partial charge in [0.05, 0.1) is 22.1 Å². The lowest BCUT2D eigenvalue weighted by atomic mass is 10.2. The summed E-state index contributed by atoms with van der Waals surface area (Å²) in [4.78, 5) is 28.0. The van der Waals surface area contributed by atoms with Gasteiger partial charge in [-0.1, -0.05) is 59.9 Å². The number of hydrogen-bond donors (Lipinski definition) is 0. The average Bonchev–Trinajstić information content (AvgIpc) is 3.28. The third-order valence-corrected chi connectivity index (χ3v) is 7.44. The second-order valence-electron chi connectivity index (χ2n) is 7.41. The van der Waals surface area contributed by atoms with Crippen molar-refractivity contribution in [3.05, 3.63) is 82.9 Å². The molecule has 0 aliphatic carbocycles. The minimum atomic E-state index is -0.433. The number of nitro benzene ring substituents is 1. The van der Waals surface area contributed by atoms with Crippen molar-refractivity contribution in [1.82, 2.24) is 14.8 Å². The number of nitrogens with zero attached hydrogens (tertiary/aromatic N) is 5. The SMILES string of the molecule is CCn1c(SCC(=O)N2c3ccccc3Sc3ccccc32)nnc1-c1cccc([N+](=O)[O-])c1. The maximum absolute atomic E-state index is 13.5. The predicted molar refractivity (Wildman–Crippen MR) is 133 cm³/mol. The minimum Gasteiger partial charge on any atom is -0.302 e. The number of rotatable bonds is 6. The van der Waals surface area contributed by atoms with Crippen LogP contribution in [0.4, 0.5) is 17.1 Å². The molecule has 1 amide bonds. The van der Waals surface area contributed by atoms with Gasteiger partial charge < -0.3 is 4.57 Å². The Bertz CT molecular complexity index is 1360. The second kappa shape index (κ2) is 9.32. The van der Waals surface area contributed by atoms with Crippen molar-refractivity contribution in [2.24, 2.45) is 0 Å². The lowest BCUT2D eigenvalue weighted by molar-refractivity contribution is -0.384. The van der Waals surface area contributed by atoms with Gasteiger partial charge >= 0.3 is 0 Å². The summed E-state index contributed by atoms with van der Waals surface area (Å²) in [5.41, 5.74) is 2.34. The topological polar surface area (TPSA) is 94.2 Å².